The van der Waals surface area contributed by atoms with Crippen LogP contribution in [-0.4, -0.2) is 84.5 Å². The Labute approximate surface area is 156 Å². The number of carbonyl (C=O) groups excluding carboxylic acids is 2. The van der Waals surface area contributed by atoms with Gasteiger partial charge in [0.15, 0.2) is 0 Å². The molecule has 0 aromatic carbocycles. The second-order valence-corrected chi connectivity index (χ2v) is 8.32. The molecule has 6 nitrogen and oxygen atoms in total. The highest BCUT2D eigenvalue weighted by Crippen LogP contribution is 2.52. The molecule has 1 spiro atoms. The molecule has 144 valence electrons. The standard InChI is InChI=1S/C20H31N3O3/c1-3-9-21(2)18(24)16-15-7-8-20(26-15)14-23(19(25)17(16)20)13-12-22-10-5-4-6-11-22/h7-8,15-17H,3-6,9-14H2,1-2H3/t15-,16+,17+,20-/m0/s1. The number of ether oxygens (including phenoxy) is 1. The van der Waals surface area contributed by atoms with E-state index in [1.807, 2.05) is 24.1 Å². The van der Waals surface area contributed by atoms with Crippen LogP contribution in [0.1, 0.15) is 32.6 Å². The zero-order valence-corrected chi connectivity index (χ0v) is 16.0. The smallest absolute Gasteiger partial charge is 0.230 e. The summed E-state index contributed by atoms with van der Waals surface area (Å²) in [5.74, 6) is -0.536. The predicted molar refractivity (Wildman–Crippen MR) is 98.5 cm³/mol. The van der Waals surface area contributed by atoms with Crippen LogP contribution in [0.3, 0.4) is 0 Å². The van der Waals surface area contributed by atoms with Crippen LogP contribution < -0.4 is 0 Å². The van der Waals surface area contributed by atoms with Crippen molar-refractivity contribution in [3.8, 4) is 0 Å². The lowest BCUT2D eigenvalue weighted by molar-refractivity contribution is -0.142. The minimum absolute atomic E-state index is 0.0549. The quantitative estimate of drug-likeness (QED) is 0.666. The van der Waals surface area contributed by atoms with Crippen molar-refractivity contribution in [1.82, 2.24) is 14.7 Å². The maximum atomic E-state index is 13.2. The first kappa shape index (κ1) is 18.0. The van der Waals surface area contributed by atoms with Crippen LogP contribution >= 0.6 is 0 Å². The average molecular weight is 361 g/mol. The van der Waals surface area contributed by atoms with Crippen molar-refractivity contribution in [2.75, 3.05) is 46.3 Å². The Morgan fingerprint density at radius 2 is 2.08 bits per heavy atom. The van der Waals surface area contributed by atoms with Crippen molar-refractivity contribution < 1.29 is 14.3 Å². The summed E-state index contributed by atoms with van der Waals surface area (Å²) in [4.78, 5) is 32.3. The number of fused-ring (bicyclic) bond motifs is 1. The molecule has 2 bridgehead atoms. The third-order valence-electron chi connectivity index (χ3n) is 6.53. The largest absolute Gasteiger partial charge is 0.360 e. The van der Waals surface area contributed by atoms with Gasteiger partial charge in [0.2, 0.25) is 11.8 Å². The molecule has 4 aliphatic heterocycles. The summed E-state index contributed by atoms with van der Waals surface area (Å²) < 4.78 is 6.20. The second kappa shape index (κ2) is 6.97. The fraction of sp³-hybridized carbons (Fsp3) is 0.800. The zero-order valence-electron chi connectivity index (χ0n) is 16.0. The van der Waals surface area contributed by atoms with Crippen LogP contribution in [0.15, 0.2) is 12.2 Å². The van der Waals surface area contributed by atoms with E-state index in [4.69, 9.17) is 4.74 Å². The fourth-order valence-corrected chi connectivity index (χ4v) is 5.19. The lowest BCUT2D eigenvalue weighted by Gasteiger charge is -2.29. The molecular formula is C20H31N3O3. The fourth-order valence-electron chi connectivity index (χ4n) is 5.19. The van der Waals surface area contributed by atoms with Crippen LogP contribution in [0.25, 0.3) is 0 Å². The van der Waals surface area contributed by atoms with Gasteiger partial charge in [0.05, 0.1) is 24.5 Å². The van der Waals surface area contributed by atoms with Crippen molar-refractivity contribution in [3.05, 3.63) is 12.2 Å². The SMILES string of the molecule is CCCN(C)C(=O)[C@@H]1[C@@H]2C=C[C@@]3(CN(CCN4CCCCC4)C(=O)[C@@H]13)O2. The molecule has 0 N–H and O–H groups in total. The topological polar surface area (TPSA) is 53.1 Å². The van der Waals surface area contributed by atoms with Crippen LogP contribution in [0, 0.1) is 11.8 Å². The van der Waals surface area contributed by atoms with Crippen molar-refractivity contribution in [1.29, 1.82) is 0 Å². The summed E-state index contributed by atoms with van der Waals surface area (Å²) in [6.07, 6.45) is 8.56. The lowest BCUT2D eigenvalue weighted by atomic mass is 9.76. The van der Waals surface area contributed by atoms with Gasteiger partial charge in [0, 0.05) is 26.7 Å². The van der Waals surface area contributed by atoms with Crippen LogP contribution in [0.5, 0.6) is 0 Å². The number of rotatable bonds is 6. The van der Waals surface area contributed by atoms with Gasteiger partial charge in [-0.15, -0.1) is 0 Å². The van der Waals surface area contributed by atoms with Gasteiger partial charge < -0.3 is 19.4 Å². The maximum Gasteiger partial charge on any atom is 0.230 e. The third kappa shape index (κ3) is 2.87. The Kier molecular flexibility index (Phi) is 4.82. The number of hydrogen-bond donors (Lipinski definition) is 0. The normalized spacial score (nSPS) is 36.0. The van der Waals surface area contributed by atoms with E-state index in [-0.39, 0.29) is 29.8 Å². The lowest BCUT2D eigenvalue weighted by Crippen LogP contribution is -2.45. The number of nitrogens with zero attached hydrogens (tertiary/aromatic N) is 3. The monoisotopic (exact) mass is 361 g/mol. The highest BCUT2D eigenvalue weighted by atomic mass is 16.5. The van der Waals surface area contributed by atoms with Gasteiger partial charge in [0.1, 0.15) is 5.60 Å². The summed E-state index contributed by atoms with van der Waals surface area (Å²) in [5, 5.41) is 0. The van der Waals surface area contributed by atoms with Gasteiger partial charge in [-0.1, -0.05) is 25.5 Å². The zero-order chi connectivity index (χ0) is 18.3. The van der Waals surface area contributed by atoms with Crippen molar-refractivity contribution >= 4 is 11.8 Å². The highest BCUT2D eigenvalue weighted by Gasteiger charge is 2.66. The van der Waals surface area contributed by atoms with E-state index < -0.39 is 5.60 Å². The highest BCUT2D eigenvalue weighted by molar-refractivity contribution is 5.93. The third-order valence-corrected chi connectivity index (χ3v) is 6.53. The molecule has 4 aliphatic rings. The Balaban J connectivity index is 1.45. The number of piperidine rings is 1. The van der Waals surface area contributed by atoms with Crippen molar-refractivity contribution in [3.63, 3.8) is 0 Å². The first-order valence-corrected chi connectivity index (χ1v) is 10.2. The molecule has 3 saturated heterocycles. The van der Waals surface area contributed by atoms with Gasteiger partial charge in [0.25, 0.3) is 0 Å². The molecule has 6 heteroatoms. The van der Waals surface area contributed by atoms with E-state index in [0.717, 1.165) is 39.1 Å². The van der Waals surface area contributed by atoms with Crippen molar-refractivity contribution in [2.45, 2.75) is 44.3 Å². The molecule has 0 aromatic rings. The summed E-state index contributed by atoms with van der Waals surface area (Å²) in [7, 11) is 1.84. The van der Waals surface area contributed by atoms with Gasteiger partial charge in [-0.05, 0) is 32.4 Å². The number of hydrogen-bond acceptors (Lipinski definition) is 4. The first-order valence-electron chi connectivity index (χ1n) is 10.2. The van der Waals surface area contributed by atoms with Crippen LogP contribution in [0.2, 0.25) is 0 Å². The summed E-state index contributed by atoms with van der Waals surface area (Å²) in [6, 6.07) is 0. The summed E-state index contributed by atoms with van der Waals surface area (Å²) in [5.41, 5.74) is -0.572. The number of likely N-dealkylation sites (tertiary alicyclic amines) is 2. The molecule has 0 radical (unpaired) electrons. The Hall–Kier alpha value is -1.40. The van der Waals surface area contributed by atoms with Gasteiger partial charge in [-0.3, -0.25) is 9.59 Å². The average Bonchev–Trinajstić information content (AvgIpc) is 3.29. The summed E-state index contributed by atoms with van der Waals surface area (Å²) in [6.45, 7) is 7.32. The minimum atomic E-state index is -0.572. The minimum Gasteiger partial charge on any atom is -0.360 e. The molecule has 0 saturated carbocycles. The van der Waals surface area contributed by atoms with Gasteiger partial charge in [-0.2, -0.15) is 0 Å². The Bertz CT molecular complexity index is 601. The van der Waals surface area contributed by atoms with Gasteiger partial charge in [-0.25, -0.2) is 0 Å². The Morgan fingerprint density at radius 1 is 1.31 bits per heavy atom. The molecule has 4 atom stereocenters. The van der Waals surface area contributed by atoms with E-state index >= 15 is 0 Å². The molecule has 3 fully saturated rings. The molecule has 0 aromatic heterocycles. The van der Waals surface area contributed by atoms with Crippen LogP contribution in [0.4, 0.5) is 0 Å². The summed E-state index contributed by atoms with van der Waals surface area (Å²) >= 11 is 0. The molecule has 4 rings (SSSR count). The molecule has 2 amide bonds. The number of carbonyl (C=O) groups is 2. The van der Waals surface area contributed by atoms with E-state index in [9.17, 15) is 9.59 Å². The van der Waals surface area contributed by atoms with Crippen LogP contribution in [-0.2, 0) is 14.3 Å². The Morgan fingerprint density at radius 3 is 2.81 bits per heavy atom. The van der Waals surface area contributed by atoms with E-state index in [1.165, 1.54) is 19.3 Å². The van der Waals surface area contributed by atoms with Crippen molar-refractivity contribution in [2.24, 2.45) is 11.8 Å². The molecule has 26 heavy (non-hydrogen) atoms. The van der Waals surface area contributed by atoms with E-state index in [2.05, 4.69) is 11.8 Å². The second-order valence-electron chi connectivity index (χ2n) is 8.32. The predicted octanol–water partition coefficient (Wildman–Crippen LogP) is 1.12. The molecule has 0 unspecified atom stereocenters. The van der Waals surface area contributed by atoms with E-state index in [1.54, 1.807) is 4.90 Å². The maximum absolute atomic E-state index is 13.2. The number of amides is 2. The molecule has 4 heterocycles. The van der Waals surface area contributed by atoms with E-state index in [0.29, 0.717) is 6.54 Å². The molecular weight excluding hydrogens is 330 g/mol. The van der Waals surface area contributed by atoms with Gasteiger partial charge >= 0.3 is 0 Å². The first-order chi connectivity index (χ1) is 12.6. The molecule has 0 aliphatic carbocycles.